The highest BCUT2D eigenvalue weighted by Crippen LogP contribution is 2.36. The summed E-state index contributed by atoms with van der Waals surface area (Å²) in [5.74, 6) is 2.10. The fourth-order valence-electron chi connectivity index (χ4n) is 6.21. The lowest BCUT2D eigenvalue weighted by atomic mass is 9.98. The van der Waals surface area contributed by atoms with Gasteiger partial charge in [0.15, 0.2) is 0 Å². The third-order valence-electron chi connectivity index (χ3n) is 8.53. The van der Waals surface area contributed by atoms with Crippen molar-refractivity contribution in [2.75, 3.05) is 33.6 Å². The number of nitrogens with one attached hydrogen (secondary N) is 2. The van der Waals surface area contributed by atoms with Crippen LogP contribution in [0.5, 0.6) is 0 Å². The van der Waals surface area contributed by atoms with Crippen LogP contribution in [0.2, 0.25) is 0 Å². The standard InChI is InChI=1S/C37H40N12/c1-17-8-10-24(11-9-17)28-22(6)43-36(48-33(28)39)45-27-13-12-25(14-18(27)2)29-23(7)44-37(49-34(29)40)46-31-19(3)15-26(16-20(31)4)30-21(5)42-35(41)47-32(30)38/h8-16H,1-7H3,(H4,38,41,42,47)(H3,39,43,45,48)(H3,40,44,46,49). The number of benzene rings is 3. The average Bonchev–Trinajstić information content (AvgIpc) is 3.00. The molecular formula is C37H40N12. The number of aryl methyl sites for hydroxylation is 7. The Hall–Kier alpha value is -6.30. The summed E-state index contributed by atoms with van der Waals surface area (Å²) in [6.45, 7) is 13.8. The normalized spacial score (nSPS) is 11.1. The van der Waals surface area contributed by atoms with Crippen LogP contribution in [0.15, 0.2) is 54.6 Å². The zero-order valence-corrected chi connectivity index (χ0v) is 28.7. The van der Waals surface area contributed by atoms with Gasteiger partial charge in [-0.3, -0.25) is 0 Å². The van der Waals surface area contributed by atoms with E-state index in [1.165, 1.54) is 5.56 Å². The van der Waals surface area contributed by atoms with Crippen LogP contribution in [-0.4, -0.2) is 29.9 Å². The molecule has 0 atom stereocenters. The zero-order chi connectivity index (χ0) is 35.1. The number of aromatic nitrogens is 6. The summed E-state index contributed by atoms with van der Waals surface area (Å²) >= 11 is 0. The van der Waals surface area contributed by atoms with Crippen LogP contribution in [0.4, 0.5) is 46.7 Å². The van der Waals surface area contributed by atoms with Gasteiger partial charge in [0.25, 0.3) is 0 Å². The first-order chi connectivity index (χ1) is 23.3. The van der Waals surface area contributed by atoms with Crippen LogP contribution < -0.4 is 33.6 Å². The molecule has 0 aliphatic carbocycles. The Bertz CT molecular complexity index is 2150. The molecule has 0 aliphatic rings. The maximum atomic E-state index is 6.57. The van der Waals surface area contributed by atoms with Crippen molar-refractivity contribution in [1.29, 1.82) is 0 Å². The largest absolute Gasteiger partial charge is 0.383 e. The number of rotatable bonds is 7. The Morgan fingerprint density at radius 2 is 0.918 bits per heavy atom. The predicted octanol–water partition coefficient (Wildman–Crippen LogP) is 7.03. The van der Waals surface area contributed by atoms with E-state index < -0.39 is 0 Å². The number of anilines is 8. The van der Waals surface area contributed by atoms with Gasteiger partial charge in [-0.2, -0.15) is 15.0 Å². The minimum atomic E-state index is 0.150. The maximum Gasteiger partial charge on any atom is 0.229 e. The Morgan fingerprint density at radius 1 is 0.449 bits per heavy atom. The van der Waals surface area contributed by atoms with Crippen LogP contribution >= 0.6 is 0 Å². The molecule has 3 heterocycles. The minimum absolute atomic E-state index is 0.150. The molecule has 0 saturated carbocycles. The molecule has 0 fully saturated rings. The minimum Gasteiger partial charge on any atom is -0.383 e. The van der Waals surface area contributed by atoms with E-state index >= 15 is 0 Å². The Balaban J connectivity index is 1.23. The SMILES string of the molecule is Cc1ccc(-c2c(C)nc(Nc3ccc(-c4c(C)nc(Nc5c(C)cc(-c6c(C)nc(N)nc6N)cc5C)nc4N)cc3C)nc2N)cc1. The first-order valence-electron chi connectivity index (χ1n) is 15.8. The van der Waals surface area contributed by atoms with E-state index in [2.05, 4.69) is 30.6 Å². The lowest BCUT2D eigenvalue weighted by Gasteiger charge is -2.17. The summed E-state index contributed by atoms with van der Waals surface area (Å²) in [7, 11) is 0. The zero-order valence-electron chi connectivity index (χ0n) is 28.7. The number of hydrogen-bond acceptors (Lipinski definition) is 12. The summed E-state index contributed by atoms with van der Waals surface area (Å²) in [6.07, 6.45) is 0. The molecule has 6 aromatic rings. The van der Waals surface area contributed by atoms with Crippen molar-refractivity contribution in [3.05, 3.63) is 93.9 Å². The molecule has 3 aromatic heterocycles. The first kappa shape index (κ1) is 32.6. The van der Waals surface area contributed by atoms with E-state index in [1.54, 1.807) is 0 Å². The van der Waals surface area contributed by atoms with Crippen LogP contribution in [0.1, 0.15) is 39.3 Å². The van der Waals surface area contributed by atoms with E-state index in [1.807, 2.05) is 103 Å². The van der Waals surface area contributed by atoms with Crippen molar-refractivity contribution >= 4 is 46.7 Å². The van der Waals surface area contributed by atoms with Crippen molar-refractivity contribution in [2.24, 2.45) is 0 Å². The van der Waals surface area contributed by atoms with Crippen molar-refractivity contribution in [2.45, 2.75) is 48.5 Å². The average molecular weight is 653 g/mol. The first-order valence-corrected chi connectivity index (χ1v) is 15.8. The lowest BCUT2D eigenvalue weighted by Crippen LogP contribution is -2.08. The predicted molar refractivity (Wildman–Crippen MR) is 200 cm³/mol. The van der Waals surface area contributed by atoms with Crippen molar-refractivity contribution in [3.8, 4) is 33.4 Å². The van der Waals surface area contributed by atoms with Gasteiger partial charge in [-0.25, -0.2) is 15.0 Å². The molecule has 0 amide bonds. The van der Waals surface area contributed by atoms with Gasteiger partial charge in [0, 0.05) is 28.1 Å². The molecule has 12 nitrogen and oxygen atoms in total. The summed E-state index contributed by atoms with van der Waals surface area (Å²) in [5, 5.41) is 6.70. The quantitative estimate of drug-likeness (QED) is 0.103. The van der Waals surface area contributed by atoms with E-state index in [4.69, 9.17) is 32.9 Å². The Morgan fingerprint density at radius 3 is 1.47 bits per heavy atom. The van der Waals surface area contributed by atoms with Gasteiger partial charge >= 0.3 is 0 Å². The van der Waals surface area contributed by atoms with Crippen LogP contribution in [0.3, 0.4) is 0 Å². The van der Waals surface area contributed by atoms with Crippen molar-refractivity contribution in [3.63, 3.8) is 0 Å². The van der Waals surface area contributed by atoms with Gasteiger partial charge in [0.2, 0.25) is 17.8 Å². The van der Waals surface area contributed by atoms with E-state index in [0.717, 1.165) is 72.8 Å². The van der Waals surface area contributed by atoms with E-state index in [-0.39, 0.29) is 5.95 Å². The molecule has 0 spiro atoms. The monoisotopic (exact) mass is 652 g/mol. The highest BCUT2D eigenvalue weighted by molar-refractivity contribution is 5.83. The van der Waals surface area contributed by atoms with Gasteiger partial charge in [-0.15, -0.1) is 0 Å². The number of nitrogens with zero attached hydrogens (tertiary/aromatic N) is 6. The summed E-state index contributed by atoms with van der Waals surface area (Å²) < 4.78 is 0. The van der Waals surface area contributed by atoms with Crippen molar-refractivity contribution < 1.29 is 0 Å². The van der Waals surface area contributed by atoms with E-state index in [0.29, 0.717) is 35.0 Å². The summed E-state index contributed by atoms with van der Waals surface area (Å²) in [5.41, 5.74) is 38.1. The highest BCUT2D eigenvalue weighted by atomic mass is 15.1. The van der Waals surface area contributed by atoms with Crippen LogP contribution in [-0.2, 0) is 0 Å². The molecule has 0 aliphatic heterocycles. The molecule has 12 heteroatoms. The maximum absolute atomic E-state index is 6.57. The third-order valence-corrected chi connectivity index (χ3v) is 8.53. The smallest absolute Gasteiger partial charge is 0.229 e. The fourth-order valence-corrected chi connectivity index (χ4v) is 6.21. The fraction of sp³-hybridized carbons (Fsp3) is 0.189. The van der Waals surface area contributed by atoms with Gasteiger partial charge in [0.1, 0.15) is 17.5 Å². The van der Waals surface area contributed by atoms with Gasteiger partial charge in [-0.1, -0.05) is 35.9 Å². The highest BCUT2D eigenvalue weighted by Gasteiger charge is 2.18. The number of nitrogen functional groups attached to an aromatic ring is 4. The van der Waals surface area contributed by atoms with Crippen LogP contribution in [0, 0.1) is 48.5 Å². The van der Waals surface area contributed by atoms with Gasteiger partial charge in [-0.05, 0) is 106 Å². The van der Waals surface area contributed by atoms with Crippen LogP contribution in [0.25, 0.3) is 33.4 Å². The second-order valence-corrected chi connectivity index (χ2v) is 12.3. The van der Waals surface area contributed by atoms with Gasteiger partial charge < -0.3 is 33.6 Å². The Labute approximate surface area is 285 Å². The molecule has 10 N–H and O–H groups in total. The molecule has 49 heavy (non-hydrogen) atoms. The van der Waals surface area contributed by atoms with Gasteiger partial charge in [0.05, 0.1) is 17.1 Å². The van der Waals surface area contributed by atoms with E-state index in [9.17, 15) is 0 Å². The lowest BCUT2D eigenvalue weighted by molar-refractivity contribution is 1.11. The third kappa shape index (κ3) is 6.48. The number of hydrogen-bond donors (Lipinski definition) is 6. The molecule has 0 unspecified atom stereocenters. The molecule has 6 rings (SSSR count). The molecule has 3 aromatic carbocycles. The number of nitrogens with two attached hydrogens (primary N) is 4. The second kappa shape index (κ2) is 12.7. The topological polar surface area (TPSA) is 205 Å². The molecule has 0 bridgehead atoms. The molecule has 248 valence electrons. The Kier molecular flexibility index (Phi) is 8.47. The molecule has 0 saturated heterocycles. The summed E-state index contributed by atoms with van der Waals surface area (Å²) in [6, 6.07) is 18.2. The molecular weight excluding hydrogens is 612 g/mol. The second-order valence-electron chi connectivity index (χ2n) is 12.3. The summed E-state index contributed by atoms with van der Waals surface area (Å²) in [4.78, 5) is 27.1. The molecule has 0 radical (unpaired) electrons. The van der Waals surface area contributed by atoms with Crippen molar-refractivity contribution in [1.82, 2.24) is 29.9 Å².